The Labute approximate surface area is 210 Å². The van der Waals surface area contributed by atoms with E-state index in [1.54, 1.807) is 18.2 Å². The lowest BCUT2D eigenvalue weighted by molar-refractivity contribution is -0.113. The van der Waals surface area contributed by atoms with Crippen molar-refractivity contribution in [1.29, 1.82) is 5.26 Å². The molecular formula is C23H21Cl2N5OS2. The lowest BCUT2D eigenvalue weighted by atomic mass is 10.1. The monoisotopic (exact) mass is 517 g/mol. The van der Waals surface area contributed by atoms with Crippen molar-refractivity contribution in [3.05, 3.63) is 56.9 Å². The molecule has 1 aromatic carbocycles. The Morgan fingerprint density at radius 2 is 2.09 bits per heavy atom. The number of thiophene rings is 1. The fourth-order valence-electron chi connectivity index (χ4n) is 3.78. The lowest BCUT2D eigenvalue weighted by Crippen LogP contribution is -2.14. The zero-order valence-corrected chi connectivity index (χ0v) is 20.9. The van der Waals surface area contributed by atoms with Gasteiger partial charge in [-0.1, -0.05) is 47.5 Å². The molecule has 10 heteroatoms. The fourth-order valence-corrected chi connectivity index (χ4v) is 6.08. The van der Waals surface area contributed by atoms with Crippen molar-refractivity contribution in [1.82, 2.24) is 14.8 Å². The number of nitrogens with one attached hydrogen (secondary N) is 1. The van der Waals surface area contributed by atoms with Gasteiger partial charge in [0.15, 0.2) is 11.0 Å². The summed E-state index contributed by atoms with van der Waals surface area (Å²) in [5, 5.41) is 23.3. The summed E-state index contributed by atoms with van der Waals surface area (Å²) < 4.78 is 1.87. The Balaban J connectivity index is 1.49. The van der Waals surface area contributed by atoms with Gasteiger partial charge in [-0.05, 0) is 49.4 Å². The third-order valence-electron chi connectivity index (χ3n) is 5.32. The van der Waals surface area contributed by atoms with Crippen molar-refractivity contribution >= 4 is 57.2 Å². The summed E-state index contributed by atoms with van der Waals surface area (Å²) in [5.74, 6) is 0.576. The van der Waals surface area contributed by atoms with Crippen LogP contribution in [-0.2, 0) is 24.2 Å². The number of thioether (sulfide) groups is 1. The standard InChI is InChI=1S/C23H21Cl2N5OS2/c1-2-10-30-21(14-8-9-17(24)18(25)11-14)28-29-23(30)32-13-20(31)27-22-16(12-26)15-6-4-3-5-7-19(15)33-22/h2,8-9,11H,1,3-7,10,13H2,(H,27,31). The molecule has 2 heterocycles. The summed E-state index contributed by atoms with van der Waals surface area (Å²) in [5.41, 5.74) is 2.50. The second-order valence-corrected chi connectivity index (χ2v) is 10.4. The number of amides is 1. The summed E-state index contributed by atoms with van der Waals surface area (Å²) in [6.07, 6.45) is 7.01. The number of halogens is 2. The maximum atomic E-state index is 12.7. The van der Waals surface area contributed by atoms with Gasteiger partial charge in [0.2, 0.25) is 5.91 Å². The largest absolute Gasteiger partial charge is 0.316 e. The van der Waals surface area contributed by atoms with Crippen molar-refractivity contribution in [2.24, 2.45) is 0 Å². The van der Waals surface area contributed by atoms with Gasteiger partial charge < -0.3 is 5.32 Å². The minimum Gasteiger partial charge on any atom is -0.316 e. The average Bonchev–Trinajstić information content (AvgIpc) is 3.26. The summed E-state index contributed by atoms with van der Waals surface area (Å²) in [6, 6.07) is 7.57. The van der Waals surface area contributed by atoms with E-state index >= 15 is 0 Å². The lowest BCUT2D eigenvalue weighted by Gasteiger charge is -2.08. The predicted octanol–water partition coefficient (Wildman–Crippen LogP) is 6.37. The second kappa shape index (κ2) is 10.7. The number of aryl methyl sites for hydroxylation is 1. The maximum absolute atomic E-state index is 12.7. The minimum atomic E-state index is -0.183. The molecule has 0 atom stereocenters. The van der Waals surface area contributed by atoms with Gasteiger partial charge in [-0.25, -0.2) is 0 Å². The molecule has 1 amide bonds. The predicted molar refractivity (Wildman–Crippen MR) is 135 cm³/mol. The highest BCUT2D eigenvalue weighted by Gasteiger charge is 2.22. The second-order valence-electron chi connectivity index (χ2n) is 7.55. The molecule has 1 aliphatic rings. The first-order valence-electron chi connectivity index (χ1n) is 10.5. The van der Waals surface area contributed by atoms with Crippen LogP contribution in [0.3, 0.4) is 0 Å². The van der Waals surface area contributed by atoms with Crippen LogP contribution in [-0.4, -0.2) is 26.4 Å². The fraction of sp³-hybridized carbons (Fsp3) is 0.304. The molecule has 0 saturated carbocycles. The van der Waals surface area contributed by atoms with E-state index in [1.165, 1.54) is 34.4 Å². The van der Waals surface area contributed by atoms with Gasteiger partial charge in [0.25, 0.3) is 0 Å². The third kappa shape index (κ3) is 5.28. The minimum absolute atomic E-state index is 0.143. The van der Waals surface area contributed by atoms with Crippen molar-refractivity contribution < 1.29 is 4.79 Å². The van der Waals surface area contributed by atoms with E-state index in [0.29, 0.717) is 38.1 Å². The Bertz CT molecular complexity index is 1240. The molecule has 3 aromatic rings. The number of nitrogens with zero attached hydrogens (tertiary/aromatic N) is 4. The van der Waals surface area contributed by atoms with E-state index in [-0.39, 0.29) is 11.7 Å². The highest BCUT2D eigenvalue weighted by atomic mass is 35.5. The first-order chi connectivity index (χ1) is 16.0. The zero-order chi connectivity index (χ0) is 23.4. The molecule has 170 valence electrons. The molecule has 6 nitrogen and oxygen atoms in total. The van der Waals surface area contributed by atoms with Gasteiger partial charge in [-0.3, -0.25) is 9.36 Å². The van der Waals surface area contributed by atoms with Crippen LogP contribution in [0, 0.1) is 11.3 Å². The van der Waals surface area contributed by atoms with Gasteiger partial charge in [0, 0.05) is 17.0 Å². The quantitative estimate of drug-likeness (QED) is 0.223. The smallest absolute Gasteiger partial charge is 0.235 e. The van der Waals surface area contributed by atoms with E-state index < -0.39 is 0 Å². The number of hydrogen-bond acceptors (Lipinski definition) is 6. The van der Waals surface area contributed by atoms with Gasteiger partial charge in [-0.15, -0.1) is 28.1 Å². The number of rotatable bonds is 7. The normalized spacial score (nSPS) is 13.1. The number of carbonyl (C=O) groups excluding carboxylic acids is 1. The van der Waals surface area contributed by atoms with Crippen molar-refractivity contribution in [2.75, 3.05) is 11.1 Å². The Morgan fingerprint density at radius 3 is 2.85 bits per heavy atom. The zero-order valence-electron chi connectivity index (χ0n) is 17.7. The van der Waals surface area contributed by atoms with Gasteiger partial charge >= 0.3 is 0 Å². The molecule has 0 unspecified atom stereocenters. The van der Waals surface area contributed by atoms with E-state index in [1.807, 2.05) is 10.6 Å². The van der Waals surface area contributed by atoms with Crippen LogP contribution in [0.1, 0.15) is 35.3 Å². The van der Waals surface area contributed by atoms with Crippen LogP contribution in [0.4, 0.5) is 5.00 Å². The number of benzene rings is 1. The number of fused-ring (bicyclic) bond motifs is 1. The van der Waals surface area contributed by atoms with Crippen molar-refractivity contribution in [3.63, 3.8) is 0 Å². The number of allylic oxidation sites excluding steroid dienone is 1. The van der Waals surface area contributed by atoms with Gasteiger partial charge in [0.05, 0.1) is 21.4 Å². The van der Waals surface area contributed by atoms with Crippen LogP contribution >= 0.6 is 46.3 Å². The molecular weight excluding hydrogens is 497 g/mol. The van der Waals surface area contributed by atoms with Gasteiger partial charge in [-0.2, -0.15) is 5.26 Å². The summed E-state index contributed by atoms with van der Waals surface area (Å²) in [4.78, 5) is 13.9. The van der Waals surface area contributed by atoms with Crippen LogP contribution in [0.25, 0.3) is 11.4 Å². The van der Waals surface area contributed by atoms with Crippen molar-refractivity contribution in [2.45, 2.75) is 43.8 Å². The maximum Gasteiger partial charge on any atom is 0.235 e. The number of anilines is 1. The molecule has 0 saturated heterocycles. The number of carbonyl (C=O) groups is 1. The summed E-state index contributed by atoms with van der Waals surface area (Å²) in [6.45, 7) is 4.29. The molecule has 0 fully saturated rings. The Hall–Kier alpha value is -2.31. The Kier molecular flexibility index (Phi) is 7.76. The third-order valence-corrected chi connectivity index (χ3v) is 8.24. The SMILES string of the molecule is C=CCn1c(SCC(=O)Nc2sc3c(c2C#N)CCCCC3)nnc1-c1ccc(Cl)c(Cl)c1. The first kappa shape index (κ1) is 23.8. The van der Waals surface area contributed by atoms with Crippen LogP contribution in [0.5, 0.6) is 0 Å². The molecule has 1 aliphatic carbocycles. The molecule has 2 aromatic heterocycles. The molecule has 0 aliphatic heterocycles. The number of aromatic nitrogens is 3. The molecule has 33 heavy (non-hydrogen) atoms. The molecule has 0 bridgehead atoms. The molecule has 1 N–H and O–H groups in total. The van der Waals surface area contributed by atoms with Crippen LogP contribution < -0.4 is 5.32 Å². The van der Waals surface area contributed by atoms with E-state index in [0.717, 1.165) is 36.8 Å². The highest BCUT2D eigenvalue weighted by Crippen LogP contribution is 2.37. The summed E-state index contributed by atoms with van der Waals surface area (Å²) >= 11 is 15.0. The summed E-state index contributed by atoms with van der Waals surface area (Å²) in [7, 11) is 0. The topological polar surface area (TPSA) is 83.6 Å². The average molecular weight is 518 g/mol. The van der Waals surface area contributed by atoms with E-state index in [9.17, 15) is 10.1 Å². The van der Waals surface area contributed by atoms with E-state index in [2.05, 4.69) is 28.2 Å². The van der Waals surface area contributed by atoms with Gasteiger partial charge in [0.1, 0.15) is 11.1 Å². The Morgan fingerprint density at radius 1 is 1.27 bits per heavy atom. The van der Waals surface area contributed by atoms with Crippen LogP contribution in [0.15, 0.2) is 36.0 Å². The molecule has 0 radical (unpaired) electrons. The van der Waals surface area contributed by atoms with Crippen LogP contribution in [0.2, 0.25) is 10.0 Å². The number of nitriles is 1. The molecule has 0 spiro atoms. The van der Waals surface area contributed by atoms with Crippen molar-refractivity contribution in [3.8, 4) is 17.5 Å². The molecule has 4 rings (SSSR count). The first-order valence-corrected chi connectivity index (χ1v) is 13.0. The highest BCUT2D eigenvalue weighted by molar-refractivity contribution is 7.99. The number of hydrogen-bond donors (Lipinski definition) is 1. The van der Waals surface area contributed by atoms with E-state index in [4.69, 9.17) is 23.2 Å².